The molecule has 0 aromatic carbocycles. The zero-order valence-corrected chi connectivity index (χ0v) is 13.9. The number of carbonyl (C=O) groups is 1. The van der Waals surface area contributed by atoms with Crippen molar-refractivity contribution in [2.24, 2.45) is 0 Å². The molecule has 0 saturated carbocycles. The smallest absolute Gasteiger partial charge is 0.410 e. The van der Waals surface area contributed by atoms with Gasteiger partial charge < -0.3 is 15.0 Å². The summed E-state index contributed by atoms with van der Waals surface area (Å²) in [4.78, 5) is 16.5. The van der Waals surface area contributed by atoms with Gasteiger partial charge in [0.1, 0.15) is 5.60 Å². The van der Waals surface area contributed by atoms with Crippen LogP contribution in [0, 0.1) is 0 Å². The van der Waals surface area contributed by atoms with Crippen LogP contribution in [-0.4, -0.2) is 66.8 Å². The average Bonchev–Trinajstić information content (AvgIpc) is 2.31. The zero-order valence-electron chi connectivity index (χ0n) is 13.9. The van der Waals surface area contributed by atoms with Crippen LogP contribution in [0.25, 0.3) is 0 Å². The van der Waals surface area contributed by atoms with E-state index in [1.807, 2.05) is 32.7 Å². The molecule has 118 valence electrons. The third kappa shape index (κ3) is 5.29. The topological polar surface area (TPSA) is 44.8 Å². The second-order valence-electron chi connectivity index (χ2n) is 6.78. The first-order valence-electron chi connectivity index (χ1n) is 7.63. The molecule has 0 aromatic rings. The van der Waals surface area contributed by atoms with Crippen LogP contribution in [0.3, 0.4) is 0 Å². The Morgan fingerprint density at radius 1 is 1.25 bits per heavy atom. The van der Waals surface area contributed by atoms with Gasteiger partial charge in [0, 0.05) is 25.2 Å². The molecule has 1 heterocycles. The van der Waals surface area contributed by atoms with Gasteiger partial charge in [-0.25, -0.2) is 4.79 Å². The van der Waals surface area contributed by atoms with Crippen LogP contribution in [0.5, 0.6) is 0 Å². The summed E-state index contributed by atoms with van der Waals surface area (Å²) in [7, 11) is 1.98. The van der Waals surface area contributed by atoms with Crippen LogP contribution >= 0.6 is 0 Å². The van der Waals surface area contributed by atoms with E-state index in [9.17, 15) is 4.79 Å². The van der Waals surface area contributed by atoms with Crippen molar-refractivity contribution in [3.05, 3.63) is 0 Å². The molecule has 1 N–H and O–H groups in total. The molecule has 0 bridgehead atoms. The Morgan fingerprint density at radius 3 is 2.45 bits per heavy atom. The lowest BCUT2D eigenvalue weighted by Crippen LogP contribution is -2.58. The first-order valence-corrected chi connectivity index (χ1v) is 7.63. The summed E-state index contributed by atoms with van der Waals surface area (Å²) in [5.41, 5.74) is -0.427. The largest absolute Gasteiger partial charge is 0.444 e. The van der Waals surface area contributed by atoms with Crippen molar-refractivity contribution >= 4 is 6.09 Å². The number of hydrogen-bond donors (Lipinski definition) is 1. The molecule has 5 nitrogen and oxygen atoms in total. The standard InChI is InChI=1S/C15H31N3O2/c1-12-11-18(14(19)20-15(3,4)5)13(2)10-17(12)9-7-8-16-6/h12-13,16H,7-11H2,1-6H3/t12-,13+/m0/s1. The number of carbonyl (C=O) groups excluding carboxylic acids is 1. The first-order chi connectivity index (χ1) is 9.24. The van der Waals surface area contributed by atoms with E-state index in [-0.39, 0.29) is 12.1 Å². The molecule has 0 aromatic heterocycles. The Morgan fingerprint density at radius 2 is 1.90 bits per heavy atom. The minimum Gasteiger partial charge on any atom is -0.444 e. The van der Waals surface area contributed by atoms with Crippen molar-refractivity contribution in [3.63, 3.8) is 0 Å². The van der Waals surface area contributed by atoms with Crippen LogP contribution in [0.15, 0.2) is 0 Å². The minimum absolute atomic E-state index is 0.188. The Balaban J connectivity index is 2.53. The molecule has 2 atom stereocenters. The lowest BCUT2D eigenvalue weighted by atomic mass is 10.1. The number of nitrogens with one attached hydrogen (secondary N) is 1. The molecule has 1 rings (SSSR count). The Hall–Kier alpha value is -0.810. The molecule has 1 saturated heterocycles. The highest BCUT2D eigenvalue weighted by atomic mass is 16.6. The summed E-state index contributed by atoms with van der Waals surface area (Å²) in [5.74, 6) is 0. The fourth-order valence-electron chi connectivity index (χ4n) is 2.54. The molecule has 5 heteroatoms. The van der Waals surface area contributed by atoms with E-state index in [0.717, 1.165) is 32.6 Å². The molecule has 0 aliphatic carbocycles. The monoisotopic (exact) mass is 285 g/mol. The number of hydrogen-bond acceptors (Lipinski definition) is 4. The average molecular weight is 285 g/mol. The van der Waals surface area contributed by atoms with E-state index in [2.05, 4.69) is 24.1 Å². The van der Waals surface area contributed by atoms with Crippen molar-refractivity contribution < 1.29 is 9.53 Å². The third-order valence-electron chi connectivity index (χ3n) is 3.62. The van der Waals surface area contributed by atoms with Crippen LogP contribution < -0.4 is 5.32 Å². The fraction of sp³-hybridized carbons (Fsp3) is 0.933. The zero-order chi connectivity index (χ0) is 15.3. The summed E-state index contributed by atoms with van der Waals surface area (Å²) in [6.45, 7) is 13.8. The van der Waals surface area contributed by atoms with E-state index in [1.54, 1.807) is 0 Å². The van der Waals surface area contributed by atoms with E-state index in [1.165, 1.54) is 0 Å². The van der Waals surface area contributed by atoms with Crippen molar-refractivity contribution in [3.8, 4) is 0 Å². The Labute approximate surface area is 123 Å². The lowest BCUT2D eigenvalue weighted by Gasteiger charge is -2.44. The van der Waals surface area contributed by atoms with Crippen molar-refractivity contribution in [1.82, 2.24) is 15.1 Å². The number of ether oxygens (including phenoxy) is 1. The molecule has 0 unspecified atom stereocenters. The van der Waals surface area contributed by atoms with Crippen LogP contribution in [0.4, 0.5) is 4.79 Å². The highest BCUT2D eigenvalue weighted by Crippen LogP contribution is 2.19. The summed E-state index contributed by atoms with van der Waals surface area (Å²) in [6, 6.07) is 0.589. The molecule has 1 amide bonds. The normalized spacial score (nSPS) is 24.8. The van der Waals surface area contributed by atoms with E-state index in [0.29, 0.717) is 6.04 Å². The Kier molecular flexibility index (Phi) is 6.27. The third-order valence-corrected chi connectivity index (χ3v) is 3.62. The van der Waals surface area contributed by atoms with Gasteiger partial charge in [-0.3, -0.25) is 4.90 Å². The molecule has 0 radical (unpaired) electrons. The summed E-state index contributed by atoms with van der Waals surface area (Å²) < 4.78 is 5.49. The number of rotatable bonds is 4. The molecule has 1 aliphatic rings. The number of amides is 1. The predicted molar refractivity (Wildman–Crippen MR) is 82.0 cm³/mol. The van der Waals surface area contributed by atoms with Crippen LogP contribution in [0.2, 0.25) is 0 Å². The van der Waals surface area contributed by atoms with Crippen molar-refractivity contribution in [2.45, 2.75) is 58.7 Å². The highest BCUT2D eigenvalue weighted by molar-refractivity contribution is 5.68. The van der Waals surface area contributed by atoms with E-state index >= 15 is 0 Å². The molecule has 1 aliphatic heterocycles. The van der Waals surface area contributed by atoms with Gasteiger partial charge in [-0.1, -0.05) is 0 Å². The van der Waals surface area contributed by atoms with E-state index in [4.69, 9.17) is 4.74 Å². The van der Waals surface area contributed by atoms with E-state index < -0.39 is 5.60 Å². The summed E-state index contributed by atoms with van der Waals surface area (Å²) in [5, 5.41) is 3.17. The maximum atomic E-state index is 12.2. The fourth-order valence-corrected chi connectivity index (χ4v) is 2.54. The van der Waals surface area contributed by atoms with Gasteiger partial charge in [-0.15, -0.1) is 0 Å². The lowest BCUT2D eigenvalue weighted by molar-refractivity contribution is -0.0101. The van der Waals surface area contributed by atoms with Crippen molar-refractivity contribution in [2.75, 3.05) is 33.2 Å². The number of nitrogens with zero attached hydrogens (tertiary/aromatic N) is 2. The van der Waals surface area contributed by atoms with Crippen LogP contribution in [0.1, 0.15) is 41.0 Å². The second-order valence-corrected chi connectivity index (χ2v) is 6.78. The SMILES string of the molecule is CNCCCN1C[C@@H](C)N(C(=O)OC(C)(C)C)C[C@@H]1C. The summed E-state index contributed by atoms with van der Waals surface area (Å²) in [6.07, 6.45) is 0.951. The first kappa shape index (κ1) is 17.2. The molecule has 1 fully saturated rings. The minimum atomic E-state index is -0.427. The Bertz CT molecular complexity index is 315. The van der Waals surface area contributed by atoms with Gasteiger partial charge in [0.15, 0.2) is 0 Å². The summed E-state index contributed by atoms with van der Waals surface area (Å²) >= 11 is 0. The molecule has 0 spiro atoms. The van der Waals surface area contributed by atoms with Gasteiger partial charge in [-0.2, -0.15) is 0 Å². The molecular formula is C15H31N3O2. The van der Waals surface area contributed by atoms with Crippen LogP contribution in [-0.2, 0) is 4.74 Å². The molecule has 20 heavy (non-hydrogen) atoms. The van der Waals surface area contributed by atoms with Gasteiger partial charge in [0.05, 0.1) is 0 Å². The van der Waals surface area contributed by atoms with Gasteiger partial charge in [-0.05, 0) is 61.2 Å². The number of piperazine rings is 1. The van der Waals surface area contributed by atoms with Gasteiger partial charge >= 0.3 is 6.09 Å². The predicted octanol–water partition coefficient (Wildman–Crippen LogP) is 1.93. The quantitative estimate of drug-likeness (QED) is 0.802. The molecular weight excluding hydrogens is 254 g/mol. The van der Waals surface area contributed by atoms with Gasteiger partial charge in [0.2, 0.25) is 0 Å². The van der Waals surface area contributed by atoms with Gasteiger partial charge in [0.25, 0.3) is 0 Å². The maximum Gasteiger partial charge on any atom is 0.410 e. The van der Waals surface area contributed by atoms with Crippen molar-refractivity contribution in [1.29, 1.82) is 0 Å². The second kappa shape index (κ2) is 7.27. The maximum absolute atomic E-state index is 12.2. The highest BCUT2D eigenvalue weighted by Gasteiger charge is 2.33.